The summed E-state index contributed by atoms with van der Waals surface area (Å²) < 4.78 is 26.5. The molecule has 3 aromatic carbocycles. The average molecular weight is 447 g/mol. The summed E-state index contributed by atoms with van der Waals surface area (Å²) in [6, 6.07) is 21.5. The number of imidazole rings is 1. The van der Waals surface area contributed by atoms with Crippen molar-refractivity contribution in [1.29, 1.82) is 0 Å². The number of aromatic amines is 1. The van der Waals surface area contributed by atoms with Gasteiger partial charge in [-0.1, -0.05) is 43.3 Å². The highest BCUT2D eigenvalue weighted by molar-refractivity contribution is 7.89. The Balaban J connectivity index is 1.50. The van der Waals surface area contributed by atoms with Crippen molar-refractivity contribution in [1.82, 2.24) is 14.7 Å². The lowest BCUT2D eigenvalue weighted by molar-refractivity contribution is -0.111. The van der Waals surface area contributed by atoms with Crippen molar-refractivity contribution < 1.29 is 13.2 Å². The fourth-order valence-electron chi connectivity index (χ4n) is 3.26. The van der Waals surface area contributed by atoms with E-state index in [0.29, 0.717) is 23.6 Å². The van der Waals surface area contributed by atoms with Crippen molar-refractivity contribution in [3.63, 3.8) is 0 Å². The van der Waals surface area contributed by atoms with Crippen molar-refractivity contribution >= 4 is 38.7 Å². The van der Waals surface area contributed by atoms with Crippen LogP contribution in [0.3, 0.4) is 0 Å². The molecule has 0 aliphatic heterocycles. The maximum absolute atomic E-state index is 12.5. The van der Waals surface area contributed by atoms with E-state index < -0.39 is 10.0 Å². The second-order valence-electron chi connectivity index (χ2n) is 7.04. The molecule has 0 aliphatic carbocycles. The van der Waals surface area contributed by atoms with E-state index in [1.807, 2.05) is 48.5 Å². The zero-order valence-electron chi connectivity index (χ0n) is 17.4. The molecule has 8 heteroatoms. The summed E-state index contributed by atoms with van der Waals surface area (Å²) in [5.41, 5.74) is 3.89. The van der Waals surface area contributed by atoms with Gasteiger partial charge in [0.2, 0.25) is 15.9 Å². The zero-order valence-corrected chi connectivity index (χ0v) is 18.2. The lowest BCUT2D eigenvalue weighted by atomic mass is 10.1. The molecule has 4 rings (SSSR count). The summed E-state index contributed by atoms with van der Waals surface area (Å²) in [6.45, 7) is 2.04. The maximum atomic E-state index is 12.5. The third-order valence-electron chi connectivity index (χ3n) is 4.78. The molecule has 0 radical (unpaired) electrons. The van der Waals surface area contributed by atoms with Crippen molar-refractivity contribution in [2.45, 2.75) is 11.8 Å². The van der Waals surface area contributed by atoms with E-state index in [0.717, 1.165) is 16.6 Å². The number of benzene rings is 3. The van der Waals surface area contributed by atoms with E-state index in [1.54, 1.807) is 25.1 Å². The summed E-state index contributed by atoms with van der Waals surface area (Å²) >= 11 is 0. The fourth-order valence-corrected chi connectivity index (χ4v) is 4.30. The lowest BCUT2D eigenvalue weighted by Gasteiger charge is -2.07. The normalized spacial score (nSPS) is 11.8. The summed E-state index contributed by atoms with van der Waals surface area (Å²) in [6.07, 6.45) is 3.03. The van der Waals surface area contributed by atoms with Gasteiger partial charge in [0.05, 0.1) is 21.6 Å². The molecule has 4 aromatic rings. The largest absolute Gasteiger partial charge is 0.338 e. The van der Waals surface area contributed by atoms with Crippen LogP contribution < -0.4 is 10.0 Å². The van der Waals surface area contributed by atoms with Crippen LogP contribution in [0.25, 0.3) is 28.5 Å². The summed E-state index contributed by atoms with van der Waals surface area (Å²) in [5, 5.41) is 2.88. The van der Waals surface area contributed by atoms with E-state index in [9.17, 15) is 13.2 Å². The maximum Gasteiger partial charge on any atom is 0.248 e. The van der Waals surface area contributed by atoms with Crippen LogP contribution in [0.5, 0.6) is 0 Å². The first-order chi connectivity index (χ1) is 15.5. The molecule has 3 N–H and O–H groups in total. The first kappa shape index (κ1) is 21.5. The van der Waals surface area contributed by atoms with Gasteiger partial charge < -0.3 is 10.3 Å². The Morgan fingerprint density at radius 1 is 1.00 bits per heavy atom. The standard InChI is InChI=1S/C24H22N4O3S/c1-2-25-32(30,31)18-14-11-17(12-15-18)13-16-23(29)26-20-8-4-3-7-19(20)24-27-21-9-5-6-10-22(21)28-24/h3-16,25H,2H2,1H3,(H,26,29)(H,27,28)/b16-13+. The zero-order chi connectivity index (χ0) is 22.6. The smallest absolute Gasteiger partial charge is 0.248 e. The van der Waals surface area contributed by atoms with E-state index >= 15 is 0 Å². The number of amides is 1. The number of sulfonamides is 1. The molecule has 0 bridgehead atoms. The third kappa shape index (κ3) is 4.77. The average Bonchev–Trinajstić information content (AvgIpc) is 3.22. The van der Waals surface area contributed by atoms with Crippen LogP contribution in [-0.2, 0) is 14.8 Å². The first-order valence-corrected chi connectivity index (χ1v) is 11.6. The van der Waals surface area contributed by atoms with Crippen LogP contribution in [0.1, 0.15) is 12.5 Å². The number of para-hydroxylation sites is 3. The highest BCUT2D eigenvalue weighted by Crippen LogP contribution is 2.27. The molecular weight excluding hydrogens is 424 g/mol. The second-order valence-corrected chi connectivity index (χ2v) is 8.81. The van der Waals surface area contributed by atoms with Crippen LogP contribution >= 0.6 is 0 Å². The van der Waals surface area contributed by atoms with Gasteiger partial charge >= 0.3 is 0 Å². The van der Waals surface area contributed by atoms with Gasteiger partial charge in [0.25, 0.3) is 0 Å². The number of nitrogens with one attached hydrogen (secondary N) is 3. The van der Waals surface area contributed by atoms with Crippen LogP contribution in [0.15, 0.2) is 83.8 Å². The molecular formula is C24H22N4O3S. The molecule has 0 unspecified atom stereocenters. The number of rotatable bonds is 7. The minimum absolute atomic E-state index is 0.181. The molecule has 0 aliphatic rings. The topological polar surface area (TPSA) is 104 Å². The van der Waals surface area contributed by atoms with E-state index in [-0.39, 0.29) is 10.8 Å². The number of aromatic nitrogens is 2. The van der Waals surface area contributed by atoms with Gasteiger partial charge in [-0.3, -0.25) is 4.79 Å². The number of anilines is 1. The number of fused-ring (bicyclic) bond motifs is 1. The van der Waals surface area contributed by atoms with E-state index in [4.69, 9.17) is 0 Å². The van der Waals surface area contributed by atoms with Crippen molar-refractivity contribution in [2.24, 2.45) is 0 Å². The Labute approximate surface area is 186 Å². The molecule has 0 spiro atoms. The first-order valence-electron chi connectivity index (χ1n) is 10.1. The molecule has 162 valence electrons. The van der Waals surface area contributed by atoms with Crippen LogP contribution in [0.2, 0.25) is 0 Å². The molecule has 0 atom stereocenters. The molecule has 7 nitrogen and oxygen atoms in total. The Morgan fingerprint density at radius 2 is 1.72 bits per heavy atom. The number of carbonyl (C=O) groups is 1. The third-order valence-corrected chi connectivity index (χ3v) is 6.34. The summed E-state index contributed by atoms with van der Waals surface area (Å²) in [5.74, 6) is 0.362. The molecule has 1 aromatic heterocycles. The molecule has 1 amide bonds. The highest BCUT2D eigenvalue weighted by Gasteiger charge is 2.12. The number of hydrogen-bond donors (Lipinski definition) is 3. The molecule has 0 saturated heterocycles. The number of nitrogens with zero attached hydrogens (tertiary/aromatic N) is 1. The fraction of sp³-hybridized carbons (Fsp3) is 0.0833. The quantitative estimate of drug-likeness (QED) is 0.371. The van der Waals surface area contributed by atoms with Crippen LogP contribution in [0, 0.1) is 0 Å². The van der Waals surface area contributed by atoms with Gasteiger partial charge in [0.1, 0.15) is 5.82 Å². The monoisotopic (exact) mass is 446 g/mol. The predicted molar refractivity (Wildman–Crippen MR) is 126 cm³/mol. The van der Waals surface area contributed by atoms with Gasteiger partial charge in [0.15, 0.2) is 0 Å². The van der Waals surface area contributed by atoms with Gasteiger partial charge in [-0.2, -0.15) is 0 Å². The Bertz CT molecular complexity index is 1360. The van der Waals surface area contributed by atoms with E-state index in [2.05, 4.69) is 20.0 Å². The lowest BCUT2D eigenvalue weighted by Crippen LogP contribution is -2.22. The minimum Gasteiger partial charge on any atom is -0.338 e. The molecule has 1 heterocycles. The second kappa shape index (κ2) is 9.17. The Morgan fingerprint density at radius 3 is 2.47 bits per heavy atom. The van der Waals surface area contributed by atoms with Crippen molar-refractivity contribution in [2.75, 3.05) is 11.9 Å². The van der Waals surface area contributed by atoms with Crippen molar-refractivity contribution in [3.05, 3.63) is 84.4 Å². The van der Waals surface area contributed by atoms with Gasteiger partial charge in [-0.25, -0.2) is 18.1 Å². The van der Waals surface area contributed by atoms with Gasteiger partial charge in [-0.05, 0) is 48.0 Å². The number of hydrogen-bond acceptors (Lipinski definition) is 4. The summed E-state index contributed by atoms with van der Waals surface area (Å²) in [4.78, 5) is 20.6. The van der Waals surface area contributed by atoms with Crippen LogP contribution in [0.4, 0.5) is 5.69 Å². The number of carbonyl (C=O) groups excluding carboxylic acids is 1. The van der Waals surface area contributed by atoms with Crippen LogP contribution in [-0.4, -0.2) is 30.8 Å². The van der Waals surface area contributed by atoms with E-state index in [1.165, 1.54) is 18.2 Å². The number of H-pyrrole nitrogens is 1. The Kier molecular flexibility index (Phi) is 6.16. The Hall–Kier alpha value is -3.75. The van der Waals surface area contributed by atoms with Crippen molar-refractivity contribution in [3.8, 4) is 11.4 Å². The highest BCUT2D eigenvalue weighted by atomic mass is 32.2. The van der Waals surface area contributed by atoms with Gasteiger partial charge in [-0.15, -0.1) is 0 Å². The minimum atomic E-state index is -3.50. The SMILES string of the molecule is CCNS(=O)(=O)c1ccc(/C=C/C(=O)Nc2ccccc2-c2nc3ccccc3[nH]2)cc1. The predicted octanol–water partition coefficient (Wildman–Crippen LogP) is 4.18. The summed E-state index contributed by atoms with van der Waals surface area (Å²) in [7, 11) is -3.50. The molecule has 0 saturated carbocycles. The molecule has 32 heavy (non-hydrogen) atoms. The molecule has 0 fully saturated rings. The van der Waals surface area contributed by atoms with Gasteiger partial charge in [0, 0.05) is 18.2 Å².